The Morgan fingerprint density at radius 3 is 2.48 bits per heavy atom. The van der Waals surface area contributed by atoms with Crippen molar-refractivity contribution in [1.29, 1.82) is 0 Å². The van der Waals surface area contributed by atoms with E-state index < -0.39 is 47.5 Å². The molecule has 10 heteroatoms. The normalized spacial score (nSPS) is 26.7. The van der Waals surface area contributed by atoms with Gasteiger partial charge < -0.3 is 4.74 Å². The summed E-state index contributed by atoms with van der Waals surface area (Å²) in [5, 5.41) is 0. The molecule has 1 saturated heterocycles. The molecule has 4 rings (SSSR count). The van der Waals surface area contributed by atoms with Crippen LogP contribution in [0.25, 0.3) is 0 Å². The molecule has 1 aliphatic heterocycles. The van der Waals surface area contributed by atoms with Crippen molar-refractivity contribution in [3.63, 3.8) is 0 Å². The molecule has 0 amide bonds. The number of ether oxygens (including phenoxy) is 1. The first-order valence-electron chi connectivity index (χ1n) is 8.44. The van der Waals surface area contributed by atoms with E-state index >= 15 is 0 Å². The minimum atomic E-state index is -5.80. The van der Waals surface area contributed by atoms with Gasteiger partial charge in [0.15, 0.2) is 11.3 Å². The molecule has 3 nitrogen and oxygen atoms in total. The van der Waals surface area contributed by atoms with E-state index in [1.165, 1.54) is 0 Å². The number of hydrogen-bond donors (Lipinski definition) is 0. The molecule has 1 fully saturated rings. The van der Waals surface area contributed by atoms with Crippen molar-refractivity contribution in [2.24, 2.45) is 5.92 Å². The van der Waals surface area contributed by atoms with Gasteiger partial charge >= 0.3 is 24.0 Å². The molecule has 0 N–H and O–H groups in total. The summed E-state index contributed by atoms with van der Waals surface area (Å²) in [6, 6.07) is 1.44. The Bertz CT molecular complexity index is 960. The number of Topliss-reactive ketones (excluding diaryl/α,β-unsaturated/α-hetero) is 1. The molecule has 152 valence electrons. The number of allylic oxidation sites excluding steroid dienone is 4. The largest absolute Gasteiger partial charge is 0.459 e. The van der Waals surface area contributed by atoms with Gasteiger partial charge in [-0.3, -0.25) is 4.79 Å². The van der Waals surface area contributed by atoms with Crippen LogP contribution in [0, 0.1) is 12.1 Å². The molecule has 0 spiro atoms. The fraction of sp³-hybridized carbons (Fsp3) is 0.368. The molecule has 29 heavy (non-hydrogen) atoms. The van der Waals surface area contributed by atoms with E-state index in [9.17, 15) is 35.5 Å². The predicted octanol–water partition coefficient (Wildman–Crippen LogP) is 3.31. The molecule has 0 radical (unpaired) electrons. The Morgan fingerprint density at radius 2 is 1.93 bits per heavy atom. The molecule has 1 aromatic rings. The zero-order chi connectivity index (χ0) is 21.1. The lowest BCUT2D eigenvalue weighted by Crippen LogP contribution is -2.48. The van der Waals surface area contributed by atoms with Crippen molar-refractivity contribution >= 4 is 5.78 Å². The van der Waals surface area contributed by atoms with Crippen molar-refractivity contribution in [2.75, 3.05) is 6.61 Å². The summed E-state index contributed by atoms with van der Waals surface area (Å²) >= 11 is 0. The Balaban J connectivity index is 1.64. The Kier molecular flexibility index (Phi) is 4.35. The van der Waals surface area contributed by atoms with Gasteiger partial charge in [0.1, 0.15) is 18.1 Å². The second kappa shape index (κ2) is 6.42. The molecule has 1 aromatic heterocycles. The van der Waals surface area contributed by atoms with Crippen LogP contribution in [-0.4, -0.2) is 30.8 Å². The molecule has 2 heterocycles. The molecule has 3 aliphatic rings. The van der Waals surface area contributed by atoms with E-state index in [0.29, 0.717) is 11.6 Å². The van der Waals surface area contributed by atoms with E-state index in [-0.39, 0.29) is 29.9 Å². The fourth-order valence-electron chi connectivity index (χ4n) is 3.59. The van der Waals surface area contributed by atoms with Crippen LogP contribution >= 0.6 is 0 Å². The summed E-state index contributed by atoms with van der Waals surface area (Å²) in [5.41, 5.74) is -1.04. The van der Waals surface area contributed by atoms with Gasteiger partial charge in [-0.25, -0.2) is 8.78 Å². The van der Waals surface area contributed by atoms with Crippen molar-refractivity contribution in [3.05, 3.63) is 64.3 Å². The highest BCUT2D eigenvalue weighted by atomic mass is 19.4. The lowest BCUT2D eigenvalue weighted by Gasteiger charge is -2.42. The Labute approximate surface area is 159 Å². The van der Waals surface area contributed by atoms with Crippen molar-refractivity contribution in [2.45, 2.75) is 30.8 Å². The molecule has 2 aliphatic carbocycles. The molecule has 0 aromatic carbocycles. The van der Waals surface area contributed by atoms with Crippen LogP contribution in [0.15, 0.2) is 46.8 Å². The van der Waals surface area contributed by atoms with Crippen molar-refractivity contribution < 1.29 is 45.2 Å². The van der Waals surface area contributed by atoms with Crippen LogP contribution < -0.4 is 4.98 Å². The average Bonchev–Trinajstić information content (AvgIpc) is 2.61. The van der Waals surface area contributed by atoms with Gasteiger partial charge in [-0.15, -0.1) is 0 Å². The number of ketones is 1. The highest BCUT2D eigenvalue weighted by Crippen LogP contribution is 2.46. The number of carbonyl (C=O) groups excluding carboxylic acids is 1. The zero-order valence-corrected chi connectivity index (χ0v) is 14.4. The van der Waals surface area contributed by atoms with Crippen LogP contribution in [0.4, 0.5) is 30.7 Å². The fourth-order valence-corrected chi connectivity index (χ4v) is 3.59. The maximum absolute atomic E-state index is 14.3. The van der Waals surface area contributed by atoms with E-state index in [0.717, 1.165) is 18.2 Å². The van der Waals surface area contributed by atoms with E-state index in [1.54, 1.807) is 6.20 Å². The highest BCUT2D eigenvalue weighted by Gasteiger charge is 2.60. The molecular formula is C19H11F7NO2+. The lowest BCUT2D eigenvalue weighted by molar-refractivity contribution is -0.317. The molecular weight excluding hydrogens is 407 g/mol. The van der Waals surface area contributed by atoms with Gasteiger partial charge in [-0.05, 0) is 28.8 Å². The van der Waals surface area contributed by atoms with Gasteiger partial charge in [-0.2, -0.15) is 22.0 Å². The maximum atomic E-state index is 14.3. The van der Waals surface area contributed by atoms with Gasteiger partial charge in [0.2, 0.25) is 0 Å². The quantitative estimate of drug-likeness (QED) is 0.708. The van der Waals surface area contributed by atoms with Crippen LogP contribution in [0.1, 0.15) is 11.3 Å². The van der Waals surface area contributed by atoms with Gasteiger partial charge in [0.05, 0.1) is 18.9 Å². The molecule has 0 bridgehead atoms. The second-order valence-corrected chi connectivity index (χ2v) is 6.85. The first-order valence-corrected chi connectivity index (χ1v) is 8.44. The molecule has 3 atom stereocenters. The van der Waals surface area contributed by atoms with Crippen LogP contribution in [-0.2, 0) is 21.9 Å². The SMILES string of the molecule is O=C1C(Cc2ccc(C(F)(F)C(F)(F)F)c#[n+]2)=C2COC2C2=C(F)C=CC(F)C12. The first-order chi connectivity index (χ1) is 13.5. The zero-order valence-electron chi connectivity index (χ0n) is 14.4. The number of rotatable bonds is 3. The Morgan fingerprint density at radius 1 is 1.21 bits per heavy atom. The average molecular weight is 418 g/mol. The Hall–Kier alpha value is -2.67. The van der Waals surface area contributed by atoms with Crippen LogP contribution in [0.3, 0.4) is 0 Å². The third-order valence-corrected chi connectivity index (χ3v) is 5.14. The van der Waals surface area contributed by atoms with Crippen molar-refractivity contribution in [3.8, 4) is 0 Å². The first kappa shape index (κ1) is 19.6. The standard InChI is InChI=1S/C19H11F7NO2/c20-12-3-4-13(21)15-14(12)16(28)10(11-7-29-17(11)15)5-9-2-1-8(6-27-9)18(22,23)19(24,25)26/h1-4,12,14,17H,5,7H2/q+1. The van der Waals surface area contributed by atoms with Crippen molar-refractivity contribution in [1.82, 2.24) is 0 Å². The minimum Gasteiger partial charge on any atom is -0.365 e. The van der Waals surface area contributed by atoms with Crippen LogP contribution in [0.2, 0.25) is 0 Å². The van der Waals surface area contributed by atoms with Gasteiger partial charge in [0.25, 0.3) is 0 Å². The predicted molar refractivity (Wildman–Crippen MR) is 82.0 cm³/mol. The smallest absolute Gasteiger partial charge is 0.365 e. The second-order valence-electron chi connectivity index (χ2n) is 6.85. The maximum Gasteiger partial charge on any atom is 0.459 e. The summed E-state index contributed by atoms with van der Waals surface area (Å²) in [5.74, 6) is -7.96. The van der Waals surface area contributed by atoms with E-state index in [1.807, 2.05) is 0 Å². The number of halogens is 7. The van der Waals surface area contributed by atoms with Crippen LogP contribution in [0.5, 0.6) is 0 Å². The number of alkyl halides is 6. The van der Waals surface area contributed by atoms with Gasteiger partial charge in [-0.1, -0.05) is 0 Å². The number of hydrogen-bond acceptors (Lipinski definition) is 2. The minimum absolute atomic E-state index is 0.00382. The highest BCUT2D eigenvalue weighted by molar-refractivity contribution is 6.03. The summed E-state index contributed by atoms with van der Waals surface area (Å²) in [7, 11) is 0. The van der Waals surface area contributed by atoms with E-state index in [2.05, 4.69) is 4.98 Å². The lowest BCUT2D eigenvalue weighted by atomic mass is 9.70. The molecule has 0 saturated carbocycles. The number of fused-ring (bicyclic) bond motifs is 3. The topological polar surface area (TPSA) is 40.4 Å². The molecule has 3 unspecified atom stereocenters. The monoisotopic (exact) mass is 418 g/mol. The third kappa shape index (κ3) is 2.95. The summed E-state index contributed by atoms with van der Waals surface area (Å²) < 4.78 is 97.6. The summed E-state index contributed by atoms with van der Waals surface area (Å²) in [4.78, 5) is 16.3. The number of aromatic nitrogens is 1. The third-order valence-electron chi connectivity index (χ3n) is 5.14. The van der Waals surface area contributed by atoms with E-state index in [4.69, 9.17) is 4.74 Å². The van der Waals surface area contributed by atoms with Gasteiger partial charge in [0, 0.05) is 17.2 Å². The summed E-state index contributed by atoms with van der Waals surface area (Å²) in [6.07, 6.45) is -5.18. The summed E-state index contributed by atoms with van der Waals surface area (Å²) in [6.45, 7) is 0.00382. The number of nitrogens with zero attached hydrogens (tertiary/aromatic N) is 1. The number of carbonyl (C=O) groups is 1.